The molecule has 0 bridgehead atoms. The minimum absolute atomic E-state index is 0.619. The molecule has 1 aliphatic rings. The van der Waals surface area contributed by atoms with Gasteiger partial charge in [0, 0.05) is 18.1 Å². The molecule has 1 rings (SSSR count). The van der Waals surface area contributed by atoms with Crippen LogP contribution in [0.25, 0.3) is 0 Å². The van der Waals surface area contributed by atoms with Gasteiger partial charge in [0.25, 0.3) is 0 Å². The Balaban J connectivity index is 2.16. The van der Waals surface area contributed by atoms with Gasteiger partial charge in [0.2, 0.25) is 0 Å². The van der Waals surface area contributed by atoms with Gasteiger partial charge in [-0.1, -0.05) is 12.8 Å². The van der Waals surface area contributed by atoms with E-state index >= 15 is 0 Å². The van der Waals surface area contributed by atoms with Gasteiger partial charge in [-0.25, -0.2) is 0 Å². The summed E-state index contributed by atoms with van der Waals surface area (Å²) in [6.07, 6.45) is 8.03. The Morgan fingerprint density at radius 3 is 2.67 bits per heavy atom. The normalized spacial score (nSPS) is 24.8. The molecule has 3 nitrogen and oxygen atoms in total. The average Bonchev–Trinajstić information content (AvgIpc) is 2.54. The molecule has 0 aromatic carbocycles. The number of rotatable bonds is 7. The zero-order chi connectivity index (χ0) is 13.4. The first kappa shape index (κ1) is 15.9. The lowest BCUT2D eigenvalue weighted by molar-refractivity contribution is 0.332. The second-order valence-electron chi connectivity index (χ2n) is 6.30. The van der Waals surface area contributed by atoms with E-state index in [2.05, 4.69) is 43.5 Å². The van der Waals surface area contributed by atoms with E-state index in [1.54, 1.807) is 0 Å². The quantitative estimate of drug-likeness (QED) is 0.730. The van der Waals surface area contributed by atoms with Crippen molar-refractivity contribution in [2.24, 2.45) is 0 Å². The highest BCUT2D eigenvalue weighted by molar-refractivity contribution is 4.77. The van der Waals surface area contributed by atoms with Crippen molar-refractivity contribution >= 4 is 0 Å². The molecule has 1 saturated heterocycles. The Morgan fingerprint density at radius 2 is 1.94 bits per heavy atom. The molecule has 108 valence electrons. The fraction of sp³-hybridized carbons (Fsp3) is 1.00. The van der Waals surface area contributed by atoms with Crippen LogP contribution in [0, 0.1) is 0 Å². The number of hydrogen-bond donors (Lipinski definition) is 2. The lowest BCUT2D eigenvalue weighted by Crippen LogP contribution is -2.41. The van der Waals surface area contributed by atoms with Crippen molar-refractivity contribution in [1.82, 2.24) is 15.5 Å². The number of nitrogens with zero attached hydrogens (tertiary/aromatic N) is 1. The summed E-state index contributed by atoms with van der Waals surface area (Å²) in [6.45, 7) is 7.02. The zero-order valence-corrected chi connectivity index (χ0v) is 12.8. The maximum Gasteiger partial charge on any atom is 0.00817 e. The van der Waals surface area contributed by atoms with Crippen LogP contribution >= 0.6 is 0 Å². The van der Waals surface area contributed by atoms with Crippen LogP contribution in [0.15, 0.2) is 0 Å². The second kappa shape index (κ2) is 8.89. The van der Waals surface area contributed by atoms with Gasteiger partial charge in [0.1, 0.15) is 0 Å². The summed E-state index contributed by atoms with van der Waals surface area (Å²) >= 11 is 0. The van der Waals surface area contributed by atoms with Gasteiger partial charge in [-0.05, 0) is 66.7 Å². The van der Waals surface area contributed by atoms with E-state index in [4.69, 9.17) is 0 Å². The van der Waals surface area contributed by atoms with E-state index in [1.165, 1.54) is 51.6 Å². The third-order valence-electron chi connectivity index (χ3n) is 3.88. The minimum Gasteiger partial charge on any atom is -0.314 e. The Bertz CT molecular complexity index is 198. The average molecular weight is 255 g/mol. The molecule has 0 saturated carbocycles. The first-order chi connectivity index (χ1) is 8.58. The van der Waals surface area contributed by atoms with Crippen LogP contribution in [0.2, 0.25) is 0 Å². The summed E-state index contributed by atoms with van der Waals surface area (Å²) in [7, 11) is 4.29. The van der Waals surface area contributed by atoms with Gasteiger partial charge < -0.3 is 15.5 Å². The molecule has 0 aromatic heterocycles. The van der Waals surface area contributed by atoms with Gasteiger partial charge in [0.15, 0.2) is 0 Å². The van der Waals surface area contributed by atoms with Crippen molar-refractivity contribution < 1.29 is 0 Å². The third-order valence-corrected chi connectivity index (χ3v) is 3.88. The molecule has 3 atom stereocenters. The topological polar surface area (TPSA) is 27.3 Å². The molecule has 3 heteroatoms. The molecule has 0 radical (unpaired) electrons. The number of hydrogen-bond acceptors (Lipinski definition) is 3. The Labute approximate surface area is 114 Å². The fourth-order valence-corrected chi connectivity index (χ4v) is 2.82. The zero-order valence-electron chi connectivity index (χ0n) is 12.8. The van der Waals surface area contributed by atoms with Crippen LogP contribution in [-0.4, -0.2) is 50.2 Å². The van der Waals surface area contributed by atoms with Gasteiger partial charge in [-0.2, -0.15) is 0 Å². The monoisotopic (exact) mass is 255 g/mol. The van der Waals surface area contributed by atoms with E-state index < -0.39 is 0 Å². The van der Waals surface area contributed by atoms with E-state index in [1.807, 2.05) is 0 Å². The smallest absolute Gasteiger partial charge is 0.00817 e. The highest BCUT2D eigenvalue weighted by atomic mass is 15.1. The molecule has 1 heterocycles. The Hall–Kier alpha value is -0.120. The van der Waals surface area contributed by atoms with Crippen LogP contribution in [0.1, 0.15) is 52.4 Å². The highest BCUT2D eigenvalue weighted by Gasteiger charge is 2.16. The van der Waals surface area contributed by atoms with Crippen LogP contribution in [-0.2, 0) is 0 Å². The van der Waals surface area contributed by atoms with Crippen molar-refractivity contribution in [3.05, 3.63) is 0 Å². The van der Waals surface area contributed by atoms with Crippen molar-refractivity contribution in [3.63, 3.8) is 0 Å². The Kier molecular flexibility index (Phi) is 7.87. The second-order valence-corrected chi connectivity index (χ2v) is 6.30. The first-order valence-electron chi connectivity index (χ1n) is 7.72. The molecule has 1 aliphatic heterocycles. The van der Waals surface area contributed by atoms with Crippen molar-refractivity contribution in [3.8, 4) is 0 Å². The number of nitrogens with one attached hydrogen (secondary N) is 2. The van der Waals surface area contributed by atoms with Crippen LogP contribution < -0.4 is 10.6 Å². The lowest BCUT2D eigenvalue weighted by atomic mass is 10.0. The lowest BCUT2D eigenvalue weighted by Gasteiger charge is -2.25. The van der Waals surface area contributed by atoms with E-state index in [0.717, 1.165) is 6.04 Å². The summed E-state index contributed by atoms with van der Waals surface area (Å²) in [5.41, 5.74) is 0. The Morgan fingerprint density at radius 1 is 1.17 bits per heavy atom. The summed E-state index contributed by atoms with van der Waals surface area (Å²) in [6, 6.07) is 1.97. The molecule has 3 unspecified atom stereocenters. The van der Waals surface area contributed by atoms with Gasteiger partial charge in [-0.15, -0.1) is 0 Å². The molecule has 2 N–H and O–H groups in total. The van der Waals surface area contributed by atoms with Crippen molar-refractivity contribution in [2.75, 3.05) is 27.2 Å². The minimum atomic E-state index is 0.619. The summed E-state index contributed by atoms with van der Waals surface area (Å²) in [4.78, 5) is 2.26. The summed E-state index contributed by atoms with van der Waals surface area (Å²) in [5, 5.41) is 7.42. The maximum absolute atomic E-state index is 3.74. The van der Waals surface area contributed by atoms with Crippen molar-refractivity contribution in [2.45, 2.75) is 70.5 Å². The predicted octanol–water partition coefficient (Wildman–Crippen LogP) is 2.23. The predicted molar refractivity (Wildman–Crippen MR) is 80.1 cm³/mol. The molecule has 0 aliphatic carbocycles. The van der Waals surface area contributed by atoms with Crippen LogP contribution in [0.3, 0.4) is 0 Å². The summed E-state index contributed by atoms with van der Waals surface area (Å²) < 4.78 is 0. The van der Waals surface area contributed by atoms with E-state index in [9.17, 15) is 0 Å². The first-order valence-corrected chi connectivity index (χ1v) is 7.72. The summed E-state index contributed by atoms with van der Waals surface area (Å²) in [5.74, 6) is 0. The molecular formula is C15H33N3. The molecule has 1 fully saturated rings. The molecule has 0 spiro atoms. The SMILES string of the molecule is CC(CCN(C)C)NC(C)CC1CCCCCN1. The van der Waals surface area contributed by atoms with E-state index in [-0.39, 0.29) is 0 Å². The van der Waals surface area contributed by atoms with Crippen LogP contribution in [0.5, 0.6) is 0 Å². The largest absolute Gasteiger partial charge is 0.314 e. The fourth-order valence-electron chi connectivity index (χ4n) is 2.82. The standard InChI is InChI=1S/C15H33N3/c1-13(9-11-18(3)4)17-14(2)12-15-8-6-5-7-10-16-15/h13-17H,5-12H2,1-4H3. The van der Waals surface area contributed by atoms with Gasteiger partial charge in [0.05, 0.1) is 0 Å². The maximum atomic E-state index is 3.74. The highest BCUT2D eigenvalue weighted by Crippen LogP contribution is 2.13. The molecule has 18 heavy (non-hydrogen) atoms. The molecule has 0 amide bonds. The van der Waals surface area contributed by atoms with Gasteiger partial charge >= 0.3 is 0 Å². The van der Waals surface area contributed by atoms with Gasteiger partial charge in [-0.3, -0.25) is 0 Å². The molecule has 0 aromatic rings. The van der Waals surface area contributed by atoms with Crippen molar-refractivity contribution in [1.29, 1.82) is 0 Å². The molecular weight excluding hydrogens is 222 g/mol. The van der Waals surface area contributed by atoms with Crippen LogP contribution in [0.4, 0.5) is 0 Å². The third kappa shape index (κ3) is 7.34. The van der Waals surface area contributed by atoms with E-state index in [0.29, 0.717) is 12.1 Å².